The molecule has 0 bridgehead atoms. The number of amides is 2. The van der Waals surface area contributed by atoms with Gasteiger partial charge in [-0.15, -0.1) is 0 Å². The number of rotatable bonds is 7. The summed E-state index contributed by atoms with van der Waals surface area (Å²) in [4.78, 5) is 36.9. The number of hydrogen-bond acceptors (Lipinski definition) is 4. The molecular formula is C27H28N2O5. The number of hydrogen-bond donors (Lipinski definition) is 3. The molecular weight excluding hydrogens is 432 g/mol. The number of nitrogens with one attached hydrogen (secondary N) is 2. The molecule has 7 heteroatoms. The fourth-order valence-corrected chi connectivity index (χ4v) is 6.13. The maximum atomic E-state index is 12.9. The maximum absolute atomic E-state index is 12.9. The first-order chi connectivity index (χ1) is 16.4. The number of aliphatic carboxylic acids is 1. The Balaban J connectivity index is 1.02. The molecule has 7 nitrogen and oxygen atoms in total. The van der Waals surface area contributed by atoms with Crippen LogP contribution in [0.15, 0.2) is 48.5 Å². The Morgan fingerprint density at radius 2 is 1.62 bits per heavy atom. The van der Waals surface area contributed by atoms with Gasteiger partial charge < -0.3 is 20.5 Å². The van der Waals surface area contributed by atoms with Gasteiger partial charge in [0.25, 0.3) is 0 Å². The Kier molecular flexibility index (Phi) is 4.73. The lowest BCUT2D eigenvalue weighted by Crippen LogP contribution is -2.44. The fourth-order valence-electron chi connectivity index (χ4n) is 6.13. The van der Waals surface area contributed by atoms with Crippen LogP contribution in [0.5, 0.6) is 0 Å². The number of ether oxygens (including phenoxy) is 1. The zero-order chi connectivity index (χ0) is 23.5. The Labute approximate surface area is 197 Å². The third kappa shape index (κ3) is 3.37. The van der Waals surface area contributed by atoms with Gasteiger partial charge in [0.05, 0.1) is 10.8 Å². The van der Waals surface area contributed by atoms with Gasteiger partial charge in [0.1, 0.15) is 6.61 Å². The highest BCUT2D eigenvalue weighted by atomic mass is 16.5. The van der Waals surface area contributed by atoms with E-state index in [1.165, 1.54) is 11.1 Å². The summed E-state index contributed by atoms with van der Waals surface area (Å²) in [6, 6.07) is 16.3. The summed E-state index contributed by atoms with van der Waals surface area (Å²) in [5, 5.41) is 15.3. The molecule has 3 atom stereocenters. The number of benzene rings is 2. The van der Waals surface area contributed by atoms with Crippen LogP contribution in [0.1, 0.15) is 49.1 Å². The molecule has 0 spiro atoms. The van der Waals surface area contributed by atoms with E-state index in [2.05, 4.69) is 34.9 Å². The van der Waals surface area contributed by atoms with E-state index in [9.17, 15) is 19.5 Å². The van der Waals surface area contributed by atoms with Crippen molar-refractivity contribution in [2.75, 3.05) is 13.2 Å². The molecule has 4 aliphatic rings. The van der Waals surface area contributed by atoms with Gasteiger partial charge in [0.15, 0.2) is 0 Å². The monoisotopic (exact) mass is 460 g/mol. The minimum absolute atomic E-state index is 0.00769. The Morgan fingerprint density at radius 3 is 2.21 bits per heavy atom. The highest BCUT2D eigenvalue weighted by molar-refractivity contribution is 5.87. The summed E-state index contributed by atoms with van der Waals surface area (Å²) < 4.78 is 5.59. The zero-order valence-corrected chi connectivity index (χ0v) is 18.9. The average molecular weight is 461 g/mol. The van der Waals surface area contributed by atoms with Gasteiger partial charge in [-0.25, -0.2) is 4.79 Å². The Bertz CT molecular complexity index is 1140. The summed E-state index contributed by atoms with van der Waals surface area (Å²) in [5.74, 6) is -0.651. The standard InChI is InChI=1S/C27H28N2O5/c30-23(29-17-11-16-12-27(16,13-17)24(31)32)26(9-10-26)15-28-25(33)34-14-22-20-7-3-1-5-18(20)19-6-2-4-8-21(19)22/h1-8,16-17,22H,9-15H2,(H,28,33)(H,29,30)(H,31,32)/t16-,17+,27+/m1/s1. The molecule has 34 heavy (non-hydrogen) atoms. The lowest BCUT2D eigenvalue weighted by molar-refractivity contribution is -0.144. The van der Waals surface area contributed by atoms with Crippen LogP contribution in [0.4, 0.5) is 4.79 Å². The Hall–Kier alpha value is -3.35. The number of fused-ring (bicyclic) bond motifs is 4. The fraction of sp³-hybridized carbons (Fsp3) is 0.444. The topological polar surface area (TPSA) is 105 Å². The van der Waals surface area contributed by atoms with Crippen molar-refractivity contribution >= 4 is 18.0 Å². The van der Waals surface area contributed by atoms with Gasteiger partial charge in [0.2, 0.25) is 5.91 Å². The second-order valence-electron chi connectivity index (χ2n) is 10.4. The van der Waals surface area contributed by atoms with Crippen LogP contribution in [-0.2, 0) is 14.3 Å². The molecule has 0 unspecified atom stereocenters. The SMILES string of the molecule is O=C(NCC1(C(=O)N[C@H]2C[C@@H]3C[C@]3(C(=O)O)C2)CC1)OCC1c2ccccc2-c2ccccc21. The van der Waals surface area contributed by atoms with Gasteiger partial charge in [-0.05, 0) is 60.3 Å². The van der Waals surface area contributed by atoms with Gasteiger partial charge >= 0.3 is 12.1 Å². The summed E-state index contributed by atoms with van der Waals surface area (Å²) in [7, 11) is 0. The summed E-state index contributed by atoms with van der Waals surface area (Å²) in [6.45, 7) is 0.468. The van der Waals surface area contributed by atoms with Crippen LogP contribution in [-0.4, -0.2) is 42.3 Å². The van der Waals surface area contributed by atoms with Gasteiger partial charge in [0, 0.05) is 18.5 Å². The van der Waals surface area contributed by atoms with Crippen LogP contribution < -0.4 is 10.6 Å². The second kappa shape index (κ2) is 7.58. The molecule has 2 aromatic rings. The first-order valence-electron chi connectivity index (χ1n) is 12.1. The molecule has 0 aromatic heterocycles. The highest BCUT2D eigenvalue weighted by Gasteiger charge is 2.66. The molecule has 0 aliphatic heterocycles. The van der Waals surface area contributed by atoms with Crippen LogP contribution in [0.25, 0.3) is 11.1 Å². The van der Waals surface area contributed by atoms with E-state index in [0.29, 0.717) is 19.3 Å². The molecule has 4 aliphatic carbocycles. The van der Waals surface area contributed by atoms with Gasteiger partial charge in [-0.1, -0.05) is 48.5 Å². The minimum atomic E-state index is -0.743. The molecule has 2 aromatic carbocycles. The molecule has 0 heterocycles. The summed E-state index contributed by atoms with van der Waals surface area (Å²) in [5.41, 5.74) is 3.44. The van der Waals surface area contributed by atoms with Crippen LogP contribution in [0, 0.1) is 16.7 Å². The molecule has 0 saturated heterocycles. The molecule has 6 rings (SSSR count). The van der Waals surface area contributed by atoms with Crippen molar-refractivity contribution in [2.45, 2.75) is 44.1 Å². The summed E-state index contributed by atoms with van der Waals surface area (Å²) >= 11 is 0. The van der Waals surface area contributed by atoms with Crippen molar-refractivity contribution < 1.29 is 24.2 Å². The lowest BCUT2D eigenvalue weighted by atomic mass is 9.98. The Morgan fingerprint density at radius 1 is 0.971 bits per heavy atom. The van der Waals surface area contributed by atoms with Crippen molar-refractivity contribution in [1.29, 1.82) is 0 Å². The first-order valence-corrected chi connectivity index (χ1v) is 12.1. The summed E-state index contributed by atoms with van der Waals surface area (Å²) in [6.07, 6.45) is 2.87. The number of carboxylic acid groups (broad SMARTS) is 1. The van der Waals surface area contributed by atoms with Gasteiger partial charge in [-0.2, -0.15) is 0 Å². The number of carboxylic acids is 1. The van der Waals surface area contributed by atoms with E-state index >= 15 is 0 Å². The van der Waals surface area contributed by atoms with Crippen LogP contribution >= 0.6 is 0 Å². The third-order valence-corrected chi connectivity index (χ3v) is 8.42. The van der Waals surface area contributed by atoms with Crippen molar-refractivity contribution in [1.82, 2.24) is 10.6 Å². The van der Waals surface area contributed by atoms with Crippen LogP contribution in [0.3, 0.4) is 0 Å². The second-order valence-corrected chi connectivity index (χ2v) is 10.4. The van der Waals surface area contributed by atoms with Crippen LogP contribution in [0.2, 0.25) is 0 Å². The van der Waals surface area contributed by atoms with E-state index in [4.69, 9.17) is 4.74 Å². The van der Waals surface area contributed by atoms with Crippen molar-refractivity contribution in [3.63, 3.8) is 0 Å². The molecule has 3 N–H and O–H groups in total. The zero-order valence-electron chi connectivity index (χ0n) is 18.9. The van der Waals surface area contributed by atoms with E-state index in [-0.39, 0.29) is 36.9 Å². The number of carbonyl (C=O) groups is 3. The molecule has 0 radical (unpaired) electrons. The normalized spacial score (nSPS) is 27.2. The lowest BCUT2D eigenvalue weighted by Gasteiger charge is -2.21. The quantitative estimate of drug-likeness (QED) is 0.585. The van der Waals surface area contributed by atoms with Crippen molar-refractivity contribution in [3.05, 3.63) is 59.7 Å². The van der Waals surface area contributed by atoms with E-state index in [1.54, 1.807) is 0 Å². The third-order valence-electron chi connectivity index (χ3n) is 8.42. The molecule has 176 valence electrons. The molecule has 3 fully saturated rings. The number of carbonyl (C=O) groups excluding carboxylic acids is 2. The average Bonchev–Trinajstić information content (AvgIpc) is 3.72. The van der Waals surface area contributed by atoms with E-state index in [0.717, 1.165) is 24.0 Å². The number of alkyl carbamates (subject to hydrolysis) is 1. The van der Waals surface area contributed by atoms with Crippen molar-refractivity contribution in [2.24, 2.45) is 16.7 Å². The molecule has 2 amide bonds. The minimum Gasteiger partial charge on any atom is -0.481 e. The van der Waals surface area contributed by atoms with E-state index in [1.807, 2.05) is 24.3 Å². The smallest absolute Gasteiger partial charge is 0.407 e. The van der Waals surface area contributed by atoms with E-state index < -0.39 is 22.9 Å². The first kappa shape index (κ1) is 21.2. The maximum Gasteiger partial charge on any atom is 0.407 e. The predicted octanol–water partition coefficient (Wildman–Crippen LogP) is 3.67. The predicted molar refractivity (Wildman–Crippen MR) is 124 cm³/mol. The van der Waals surface area contributed by atoms with Gasteiger partial charge in [-0.3, -0.25) is 9.59 Å². The highest BCUT2D eigenvalue weighted by Crippen LogP contribution is 2.63. The largest absolute Gasteiger partial charge is 0.481 e. The van der Waals surface area contributed by atoms with Crippen molar-refractivity contribution in [3.8, 4) is 11.1 Å². The molecule has 3 saturated carbocycles.